The molecule has 0 unspecified atom stereocenters. The molecule has 4 nitrogen and oxygen atoms in total. The Morgan fingerprint density at radius 3 is 2.80 bits per heavy atom. The zero-order valence-corrected chi connectivity index (χ0v) is 13.5. The van der Waals surface area contributed by atoms with Crippen LogP contribution in [0.2, 0.25) is 0 Å². The van der Waals surface area contributed by atoms with E-state index in [1.54, 1.807) is 24.3 Å². The molecule has 126 valence electrons. The highest BCUT2D eigenvalue weighted by Crippen LogP contribution is 2.19. The van der Waals surface area contributed by atoms with Crippen molar-refractivity contribution in [1.29, 1.82) is 0 Å². The molecule has 0 aliphatic carbocycles. The van der Waals surface area contributed by atoms with Gasteiger partial charge >= 0.3 is 11.6 Å². The molecule has 0 radical (unpaired) electrons. The number of esters is 1. The lowest BCUT2D eigenvalue weighted by molar-refractivity contribution is -0.138. The topological polar surface area (TPSA) is 56.5 Å². The van der Waals surface area contributed by atoms with Gasteiger partial charge in [0, 0.05) is 28.7 Å². The van der Waals surface area contributed by atoms with Gasteiger partial charge in [0.2, 0.25) is 0 Å². The van der Waals surface area contributed by atoms with E-state index >= 15 is 0 Å². The average Bonchev–Trinajstić information content (AvgIpc) is 2.58. The molecule has 0 aliphatic rings. The van der Waals surface area contributed by atoms with E-state index in [-0.39, 0.29) is 6.61 Å². The van der Waals surface area contributed by atoms with E-state index in [1.165, 1.54) is 18.2 Å². The van der Waals surface area contributed by atoms with Crippen LogP contribution in [0.25, 0.3) is 17.0 Å². The molecular weight excluding hydrogens is 323 g/mol. The number of hydrogen-bond donors (Lipinski definition) is 0. The third-order valence-corrected chi connectivity index (χ3v) is 3.66. The summed E-state index contributed by atoms with van der Waals surface area (Å²) in [6.07, 6.45) is 2.49. The molecule has 3 aromatic rings. The first-order valence-corrected chi connectivity index (χ1v) is 7.66. The van der Waals surface area contributed by atoms with Gasteiger partial charge < -0.3 is 9.15 Å². The highest BCUT2D eigenvalue weighted by atomic mass is 19.1. The molecule has 0 saturated carbocycles. The van der Waals surface area contributed by atoms with Crippen molar-refractivity contribution in [3.8, 4) is 0 Å². The van der Waals surface area contributed by atoms with Crippen molar-refractivity contribution in [2.45, 2.75) is 13.5 Å². The second kappa shape index (κ2) is 7.13. The van der Waals surface area contributed by atoms with E-state index in [0.717, 1.165) is 11.6 Å². The summed E-state index contributed by atoms with van der Waals surface area (Å²) in [5.74, 6) is -1.05. The van der Waals surface area contributed by atoms with Gasteiger partial charge in [-0.15, -0.1) is 0 Å². The maximum atomic E-state index is 13.5. The van der Waals surface area contributed by atoms with Crippen LogP contribution in [0.1, 0.15) is 16.7 Å². The molecule has 0 fully saturated rings. The molecule has 0 bridgehead atoms. The van der Waals surface area contributed by atoms with Crippen molar-refractivity contribution < 1.29 is 18.3 Å². The molecule has 0 amide bonds. The number of aryl methyl sites for hydroxylation is 1. The van der Waals surface area contributed by atoms with E-state index in [2.05, 4.69) is 0 Å². The van der Waals surface area contributed by atoms with Gasteiger partial charge in [-0.25, -0.2) is 14.0 Å². The second-order valence-corrected chi connectivity index (χ2v) is 5.55. The van der Waals surface area contributed by atoms with Crippen LogP contribution in [0, 0.1) is 12.7 Å². The first-order chi connectivity index (χ1) is 12.0. The largest absolute Gasteiger partial charge is 0.458 e. The Kier molecular flexibility index (Phi) is 4.75. The van der Waals surface area contributed by atoms with E-state index in [0.29, 0.717) is 22.1 Å². The SMILES string of the molecule is Cc1ccc2c(COC(=O)/C=C/c3ccccc3F)cc(=O)oc2c1. The molecule has 0 atom stereocenters. The van der Waals surface area contributed by atoms with Crippen LogP contribution >= 0.6 is 0 Å². The zero-order valence-electron chi connectivity index (χ0n) is 13.5. The summed E-state index contributed by atoms with van der Waals surface area (Å²) in [6, 6.07) is 12.8. The monoisotopic (exact) mass is 338 g/mol. The fourth-order valence-electron chi connectivity index (χ4n) is 2.42. The molecule has 5 heteroatoms. The molecule has 3 rings (SSSR count). The molecule has 1 heterocycles. The average molecular weight is 338 g/mol. The Labute approximate surface area is 143 Å². The number of ether oxygens (including phenoxy) is 1. The Morgan fingerprint density at radius 1 is 1.20 bits per heavy atom. The minimum absolute atomic E-state index is 0.0778. The van der Waals surface area contributed by atoms with Gasteiger partial charge in [0.05, 0.1) is 0 Å². The Bertz CT molecular complexity index is 1020. The van der Waals surface area contributed by atoms with E-state index < -0.39 is 17.4 Å². The maximum Gasteiger partial charge on any atom is 0.336 e. The summed E-state index contributed by atoms with van der Waals surface area (Å²) < 4.78 is 23.8. The van der Waals surface area contributed by atoms with Crippen LogP contribution in [0.4, 0.5) is 4.39 Å². The summed E-state index contributed by atoms with van der Waals surface area (Å²) >= 11 is 0. The van der Waals surface area contributed by atoms with Crippen molar-refractivity contribution in [3.05, 3.63) is 87.5 Å². The number of halogens is 1. The van der Waals surface area contributed by atoms with Crippen LogP contribution in [-0.4, -0.2) is 5.97 Å². The van der Waals surface area contributed by atoms with Crippen LogP contribution in [0.15, 0.2) is 63.8 Å². The van der Waals surface area contributed by atoms with Gasteiger partial charge in [-0.05, 0) is 30.7 Å². The summed E-state index contributed by atoms with van der Waals surface area (Å²) in [5, 5.41) is 0.705. The lowest BCUT2D eigenvalue weighted by atomic mass is 10.1. The summed E-state index contributed by atoms with van der Waals surface area (Å²) in [5.41, 5.74) is 1.74. The third kappa shape index (κ3) is 4.01. The standard InChI is InChI=1S/C20H15FO4/c1-13-6-8-16-15(11-20(23)25-18(16)10-13)12-24-19(22)9-7-14-4-2-3-5-17(14)21/h2-11H,12H2,1H3/b9-7+. The van der Waals surface area contributed by atoms with Crippen LogP contribution in [-0.2, 0) is 16.1 Å². The highest BCUT2D eigenvalue weighted by molar-refractivity contribution is 5.87. The lowest BCUT2D eigenvalue weighted by Gasteiger charge is -2.06. The molecular formula is C20H15FO4. The predicted molar refractivity (Wildman–Crippen MR) is 92.5 cm³/mol. The molecule has 0 saturated heterocycles. The zero-order chi connectivity index (χ0) is 17.8. The van der Waals surface area contributed by atoms with Gasteiger partial charge in [0.1, 0.15) is 18.0 Å². The minimum Gasteiger partial charge on any atom is -0.458 e. The summed E-state index contributed by atoms with van der Waals surface area (Å²) in [4.78, 5) is 23.5. The van der Waals surface area contributed by atoms with Crippen molar-refractivity contribution in [3.63, 3.8) is 0 Å². The number of rotatable bonds is 4. The predicted octanol–water partition coefficient (Wildman–Crippen LogP) is 4.00. The first-order valence-electron chi connectivity index (χ1n) is 7.66. The fraction of sp³-hybridized carbons (Fsp3) is 0.100. The van der Waals surface area contributed by atoms with E-state index in [4.69, 9.17) is 9.15 Å². The van der Waals surface area contributed by atoms with Crippen molar-refractivity contribution in [2.24, 2.45) is 0 Å². The Morgan fingerprint density at radius 2 is 2.00 bits per heavy atom. The van der Waals surface area contributed by atoms with Crippen LogP contribution in [0.5, 0.6) is 0 Å². The minimum atomic E-state index is -0.628. The number of fused-ring (bicyclic) bond motifs is 1. The van der Waals surface area contributed by atoms with Crippen LogP contribution < -0.4 is 5.63 Å². The molecule has 0 N–H and O–H groups in total. The lowest BCUT2D eigenvalue weighted by Crippen LogP contribution is -2.05. The van der Waals surface area contributed by atoms with E-state index in [1.807, 2.05) is 19.1 Å². The van der Waals surface area contributed by atoms with Crippen molar-refractivity contribution in [1.82, 2.24) is 0 Å². The first kappa shape index (κ1) is 16.6. The molecule has 25 heavy (non-hydrogen) atoms. The molecule has 0 spiro atoms. The normalized spacial score (nSPS) is 11.1. The third-order valence-electron chi connectivity index (χ3n) is 3.66. The Hall–Kier alpha value is -3.21. The van der Waals surface area contributed by atoms with Gasteiger partial charge in [0.25, 0.3) is 0 Å². The fourth-order valence-corrected chi connectivity index (χ4v) is 2.42. The highest BCUT2D eigenvalue weighted by Gasteiger charge is 2.08. The molecule has 0 aliphatic heterocycles. The van der Waals surface area contributed by atoms with Gasteiger partial charge in [0.15, 0.2) is 0 Å². The van der Waals surface area contributed by atoms with Gasteiger partial charge in [-0.3, -0.25) is 0 Å². The van der Waals surface area contributed by atoms with E-state index in [9.17, 15) is 14.0 Å². The van der Waals surface area contributed by atoms with Gasteiger partial charge in [-0.1, -0.05) is 30.3 Å². The molecule has 1 aromatic heterocycles. The summed E-state index contributed by atoms with van der Waals surface area (Å²) in [6.45, 7) is 1.81. The van der Waals surface area contributed by atoms with Crippen molar-refractivity contribution in [2.75, 3.05) is 0 Å². The maximum absolute atomic E-state index is 13.5. The number of carbonyl (C=O) groups excluding carboxylic acids is 1. The number of carbonyl (C=O) groups is 1. The number of hydrogen-bond acceptors (Lipinski definition) is 4. The summed E-state index contributed by atoms with van der Waals surface area (Å²) in [7, 11) is 0. The molecule has 2 aromatic carbocycles. The smallest absolute Gasteiger partial charge is 0.336 e. The second-order valence-electron chi connectivity index (χ2n) is 5.55. The Balaban J connectivity index is 1.75. The number of benzene rings is 2. The van der Waals surface area contributed by atoms with Crippen molar-refractivity contribution >= 4 is 23.0 Å². The van der Waals surface area contributed by atoms with Gasteiger partial charge in [-0.2, -0.15) is 0 Å². The van der Waals surface area contributed by atoms with Crippen LogP contribution in [0.3, 0.4) is 0 Å². The quantitative estimate of drug-likeness (QED) is 0.410.